The number of carbonyl (C=O) groups is 1. The molecule has 1 aromatic heterocycles. The smallest absolute Gasteiger partial charge is 0.338 e. The van der Waals surface area contributed by atoms with Gasteiger partial charge >= 0.3 is 6.03 Å². The van der Waals surface area contributed by atoms with Crippen molar-refractivity contribution in [2.24, 2.45) is 11.7 Å². The summed E-state index contributed by atoms with van der Waals surface area (Å²) < 4.78 is 10.9. The van der Waals surface area contributed by atoms with Gasteiger partial charge in [0.2, 0.25) is 0 Å². The molecule has 100 valence electrons. The molecule has 6 nitrogen and oxygen atoms in total. The summed E-state index contributed by atoms with van der Waals surface area (Å²) in [5.41, 5.74) is 4.95. The van der Waals surface area contributed by atoms with Gasteiger partial charge in [0.05, 0.1) is 6.54 Å². The first kappa shape index (κ1) is 12.9. The molecule has 2 atom stereocenters. The third-order valence-corrected chi connectivity index (χ3v) is 3.08. The Labute approximate surface area is 105 Å². The summed E-state index contributed by atoms with van der Waals surface area (Å²) >= 11 is 0. The molecule has 18 heavy (non-hydrogen) atoms. The number of urea groups is 1. The summed E-state index contributed by atoms with van der Waals surface area (Å²) in [5.74, 6) is 2.16. The van der Waals surface area contributed by atoms with Crippen LogP contribution < -0.4 is 5.73 Å². The minimum atomic E-state index is -0.822. The van der Waals surface area contributed by atoms with Crippen LogP contribution in [0, 0.1) is 5.92 Å². The Kier molecular flexibility index (Phi) is 3.88. The molecule has 0 aromatic carbocycles. The largest absolute Gasteiger partial charge is 0.463 e. The second-order valence-electron chi connectivity index (χ2n) is 4.46. The summed E-state index contributed by atoms with van der Waals surface area (Å²) in [6.45, 7) is 3.31. The van der Waals surface area contributed by atoms with E-state index in [1.807, 2.05) is 19.1 Å². The summed E-state index contributed by atoms with van der Waals surface area (Å²) in [6.07, 6.45) is 0.895. The van der Waals surface area contributed by atoms with E-state index in [0.717, 1.165) is 17.9 Å². The lowest BCUT2D eigenvalue weighted by atomic mass is 10.2. The van der Waals surface area contributed by atoms with Gasteiger partial charge in [-0.2, -0.15) is 0 Å². The average Bonchev–Trinajstić information content (AvgIpc) is 2.94. The second-order valence-corrected chi connectivity index (χ2v) is 4.46. The number of primary amides is 1. The molecular weight excluding hydrogens is 236 g/mol. The van der Waals surface area contributed by atoms with E-state index in [1.165, 1.54) is 0 Å². The molecule has 1 saturated carbocycles. The van der Waals surface area contributed by atoms with Crippen LogP contribution in [0.1, 0.15) is 30.8 Å². The third-order valence-electron chi connectivity index (χ3n) is 3.08. The SMILES string of the molecule is CCOCc1ccc(C2CC2CN(O)C(N)=O)o1. The molecule has 0 spiro atoms. The number of nitrogens with zero attached hydrogens (tertiary/aromatic N) is 1. The summed E-state index contributed by atoms with van der Waals surface area (Å²) in [6, 6.07) is 2.99. The van der Waals surface area contributed by atoms with Crippen molar-refractivity contribution in [2.45, 2.75) is 25.9 Å². The Bertz CT molecular complexity index is 418. The van der Waals surface area contributed by atoms with E-state index in [-0.39, 0.29) is 18.4 Å². The van der Waals surface area contributed by atoms with Gasteiger partial charge in [-0.05, 0) is 31.4 Å². The lowest BCUT2D eigenvalue weighted by Crippen LogP contribution is -2.34. The number of hydrogen-bond acceptors (Lipinski definition) is 4. The van der Waals surface area contributed by atoms with E-state index in [0.29, 0.717) is 18.3 Å². The fourth-order valence-electron chi connectivity index (χ4n) is 1.98. The zero-order chi connectivity index (χ0) is 13.1. The molecule has 0 radical (unpaired) electrons. The fraction of sp³-hybridized carbons (Fsp3) is 0.583. The normalized spacial score (nSPS) is 21.9. The molecule has 1 fully saturated rings. The Balaban J connectivity index is 1.83. The van der Waals surface area contributed by atoms with Crippen LogP contribution in [0.5, 0.6) is 0 Å². The van der Waals surface area contributed by atoms with Crippen molar-refractivity contribution in [3.8, 4) is 0 Å². The maximum atomic E-state index is 10.7. The van der Waals surface area contributed by atoms with E-state index >= 15 is 0 Å². The number of carbonyl (C=O) groups excluding carboxylic acids is 1. The molecule has 1 heterocycles. The van der Waals surface area contributed by atoms with Crippen molar-refractivity contribution in [3.63, 3.8) is 0 Å². The highest BCUT2D eigenvalue weighted by Gasteiger charge is 2.42. The van der Waals surface area contributed by atoms with Gasteiger partial charge in [0.25, 0.3) is 0 Å². The van der Waals surface area contributed by atoms with Crippen LogP contribution in [-0.2, 0) is 11.3 Å². The number of rotatable bonds is 6. The first-order valence-electron chi connectivity index (χ1n) is 6.04. The lowest BCUT2D eigenvalue weighted by molar-refractivity contribution is -0.0433. The van der Waals surface area contributed by atoms with Crippen molar-refractivity contribution >= 4 is 6.03 Å². The van der Waals surface area contributed by atoms with Crippen molar-refractivity contribution in [1.29, 1.82) is 0 Å². The predicted octanol–water partition coefficient (Wildman–Crippen LogP) is 1.69. The van der Waals surface area contributed by atoms with Crippen molar-refractivity contribution in [1.82, 2.24) is 5.06 Å². The van der Waals surface area contributed by atoms with Gasteiger partial charge < -0.3 is 14.9 Å². The number of nitrogens with two attached hydrogens (primary N) is 1. The Morgan fingerprint density at radius 2 is 2.44 bits per heavy atom. The van der Waals surface area contributed by atoms with Gasteiger partial charge in [0.15, 0.2) is 0 Å². The van der Waals surface area contributed by atoms with Gasteiger partial charge in [-0.15, -0.1) is 0 Å². The van der Waals surface area contributed by atoms with E-state index < -0.39 is 6.03 Å². The van der Waals surface area contributed by atoms with Crippen molar-refractivity contribution in [3.05, 3.63) is 23.7 Å². The minimum absolute atomic E-state index is 0.216. The zero-order valence-electron chi connectivity index (χ0n) is 10.3. The number of ether oxygens (including phenoxy) is 1. The van der Waals surface area contributed by atoms with Gasteiger partial charge in [-0.3, -0.25) is 5.21 Å². The van der Waals surface area contributed by atoms with Crippen LogP contribution in [-0.4, -0.2) is 29.5 Å². The molecule has 1 aromatic rings. The van der Waals surface area contributed by atoms with Crippen molar-refractivity contribution in [2.75, 3.05) is 13.2 Å². The van der Waals surface area contributed by atoms with Crippen LogP contribution in [0.2, 0.25) is 0 Å². The van der Waals surface area contributed by atoms with E-state index in [1.54, 1.807) is 0 Å². The van der Waals surface area contributed by atoms with Gasteiger partial charge in [0, 0.05) is 12.5 Å². The molecule has 1 aliphatic carbocycles. The summed E-state index contributed by atoms with van der Waals surface area (Å²) in [5, 5.41) is 9.78. The number of hydroxylamine groups is 2. The second kappa shape index (κ2) is 5.41. The Hall–Kier alpha value is -1.53. The number of hydrogen-bond donors (Lipinski definition) is 2. The highest BCUT2D eigenvalue weighted by molar-refractivity contribution is 5.70. The van der Waals surface area contributed by atoms with Crippen LogP contribution >= 0.6 is 0 Å². The predicted molar refractivity (Wildman–Crippen MR) is 63.0 cm³/mol. The first-order chi connectivity index (χ1) is 8.61. The van der Waals surface area contributed by atoms with Crippen LogP contribution in [0.4, 0.5) is 4.79 Å². The maximum absolute atomic E-state index is 10.7. The monoisotopic (exact) mass is 254 g/mol. The first-order valence-corrected chi connectivity index (χ1v) is 6.04. The topological polar surface area (TPSA) is 88.9 Å². The molecule has 2 unspecified atom stereocenters. The average molecular weight is 254 g/mol. The van der Waals surface area contributed by atoms with E-state index in [4.69, 9.17) is 14.9 Å². The quantitative estimate of drug-likeness (QED) is 0.597. The molecule has 6 heteroatoms. The molecule has 3 N–H and O–H groups in total. The van der Waals surface area contributed by atoms with E-state index in [2.05, 4.69) is 0 Å². The molecule has 0 bridgehead atoms. The number of amides is 2. The van der Waals surface area contributed by atoms with Crippen LogP contribution in [0.3, 0.4) is 0 Å². The molecule has 0 saturated heterocycles. The Morgan fingerprint density at radius 3 is 3.11 bits per heavy atom. The fourth-order valence-corrected chi connectivity index (χ4v) is 1.98. The van der Waals surface area contributed by atoms with Gasteiger partial charge in [0.1, 0.15) is 18.1 Å². The molecule has 1 aliphatic rings. The highest BCUT2D eigenvalue weighted by atomic mass is 16.5. The van der Waals surface area contributed by atoms with Gasteiger partial charge in [-0.25, -0.2) is 9.86 Å². The minimum Gasteiger partial charge on any atom is -0.463 e. The third kappa shape index (κ3) is 3.02. The maximum Gasteiger partial charge on any atom is 0.338 e. The highest BCUT2D eigenvalue weighted by Crippen LogP contribution is 2.48. The summed E-state index contributed by atoms with van der Waals surface area (Å²) in [7, 11) is 0. The lowest BCUT2D eigenvalue weighted by Gasteiger charge is -2.10. The van der Waals surface area contributed by atoms with Crippen molar-refractivity contribution < 1.29 is 19.2 Å². The van der Waals surface area contributed by atoms with Gasteiger partial charge in [-0.1, -0.05) is 0 Å². The molecule has 0 aliphatic heterocycles. The van der Waals surface area contributed by atoms with Crippen LogP contribution in [0.15, 0.2) is 16.5 Å². The standard InChI is InChI=1S/C12H18N2O4/c1-2-17-7-9-3-4-11(18-9)10-5-8(10)6-14(16)12(13)15/h3-4,8,10,16H,2,5-7H2,1H3,(H2,13,15). The van der Waals surface area contributed by atoms with E-state index in [9.17, 15) is 10.0 Å². The number of furan rings is 1. The zero-order valence-corrected chi connectivity index (χ0v) is 10.3. The molecule has 2 amide bonds. The van der Waals surface area contributed by atoms with Crippen LogP contribution in [0.25, 0.3) is 0 Å². The Morgan fingerprint density at radius 1 is 1.67 bits per heavy atom. The molecular formula is C12H18N2O4. The molecule has 2 rings (SSSR count). The summed E-state index contributed by atoms with van der Waals surface area (Å²) in [4.78, 5) is 10.7.